The Hall–Kier alpha value is -0.570. The second-order valence-electron chi connectivity index (χ2n) is 7.80. The molecule has 1 heterocycles. The van der Waals surface area contributed by atoms with E-state index in [-0.39, 0.29) is 11.5 Å². The van der Waals surface area contributed by atoms with E-state index in [4.69, 9.17) is 11.6 Å². The monoisotopic (exact) mass is 319 g/mol. The maximum atomic E-state index is 11.0. The van der Waals surface area contributed by atoms with E-state index in [2.05, 4.69) is 17.0 Å². The summed E-state index contributed by atoms with van der Waals surface area (Å²) < 4.78 is 0. The third-order valence-electron chi connectivity index (χ3n) is 6.40. The molecule has 120 valence electrons. The van der Waals surface area contributed by atoms with Gasteiger partial charge in [-0.25, -0.2) is 0 Å². The number of aliphatic hydroxyl groups excluding tert-OH is 1. The average molecular weight is 320 g/mol. The van der Waals surface area contributed by atoms with Crippen LogP contribution >= 0.6 is 11.6 Å². The Kier molecular flexibility index (Phi) is 3.96. The maximum Gasteiger partial charge on any atom is 0.0763 e. The van der Waals surface area contributed by atoms with Crippen molar-refractivity contribution in [1.82, 2.24) is 4.90 Å². The molecule has 22 heavy (non-hydrogen) atoms. The van der Waals surface area contributed by atoms with Crippen LogP contribution in [0.3, 0.4) is 0 Å². The van der Waals surface area contributed by atoms with E-state index >= 15 is 0 Å². The number of fused-ring (bicyclic) bond motifs is 2. The molecule has 3 heteroatoms. The van der Waals surface area contributed by atoms with Gasteiger partial charge in [0.15, 0.2) is 0 Å². The molecule has 2 nitrogen and oxygen atoms in total. The van der Waals surface area contributed by atoms with Gasteiger partial charge in [-0.2, -0.15) is 0 Å². The van der Waals surface area contributed by atoms with Crippen molar-refractivity contribution in [1.29, 1.82) is 0 Å². The van der Waals surface area contributed by atoms with Crippen LogP contribution in [0.1, 0.15) is 44.1 Å². The Bertz CT molecular complexity index is 530. The first-order chi connectivity index (χ1) is 10.7. The molecule has 1 aromatic carbocycles. The third-order valence-corrected chi connectivity index (χ3v) is 6.63. The van der Waals surface area contributed by atoms with Crippen LogP contribution in [0.4, 0.5) is 0 Å². The van der Waals surface area contributed by atoms with Crippen molar-refractivity contribution in [3.8, 4) is 0 Å². The summed E-state index contributed by atoms with van der Waals surface area (Å²) in [4.78, 5) is 2.53. The fraction of sp³-hybridized carbons (Fsp3) is 0.684. The molecule has 2 saturated carbocycles. The fourth-order valence-corrected chi connectivity index (χ4v) is 5.24. The molecule has 4 rings (SSSR count). The van der Waals surface area contributed by atoms with Crippen molar-refractivity contribution in [3.63, 3.8) is 0 Å². The molecule has 0 aromatic heterocycles. The minimum absolute atomic E-state index is 0.0542. The predicted molar refractivity (Wildman–Crippen MR) is 90.3 cm³/mol. The molecule has 1 saturated heterocycles. The molecule has 0 amide bonds. The molecule has 1 aromatic rings. The lowest BCUT2D eigenvalue weighted by molar-refractivity contribution is -0.00737. The number of halogens is 1. The van der Waals surface area contributed by atoms with Crippen LogP contribution in [-0.4, -0.2) is 35.7 Å². The molecule has 3 fully saturated rings. The third kappa shape index (κ3) is 2.60. The van der Waals surface area contributed by atoms with E-state index in [9.17, 15) is 5.11 Å². The van der Waals surface area contributed by atoms with Gasteiger partial charge < -0.3 is 10.0 Å². The number of likely N-dealkylation sites (tertiary alicyclic amines) is 1. The van der Waals surface area contributed by atoms with Crippen molar-refractivity contribution in [2.75, 3.05) is 19.6 Å². The standard InChI is InChI=1S/C19H26ClNO/c20-17-4-1-3-16(10-17)19(7-2-8-19)18(22)13-21-11-14-5-6-15(9-14)12-21/h1,3-4,10,14-15,18,22H,2,5-9,11-13H2. The van der Waals surface area contributed by atoms with Crippen LogP contribution in [-0.2, 0) is 5.41 Å². The van der Waals surface area contributed by atoms with Crippen molar-refractivity contribution in [3.05, 3.63) is 34.9 Å². The number of aliphatic hydroxyl groups is 1. The van der Waals surface area contributed by atoms with Crippen molar-refractivity contribution < 1.29 is 5.11 Å². The first kappa shape index (κ1) is 15.0. The molecule has 0 spiro atoms. The summed E-state index contributed by atoms with van der Waals surface area (Å²) in [6, 6.07) is 8.15. The zero-order valence-corrected chi connectivity index (χ0v) is 13.9. The van der Waals surface area contributed by atoms with Gasteiger partial charge in [0, 0.05) is 30.1 Å². The molecule has 3 aliphatic rings. The predicted octanol–water partition coefficient (Wildman–Crippen LogP) is 3.85. The van der Waals surface area contributed by atoms with E-state index in [0.717, 1.165) is 36.2 Å². The zero-order chi connectivity index (χ0) is 15.2. The molecular weight excluding hydrogens is 294 g/mol. The second-order valence-corrected chi connectivity index (χ2v) is 8.24. The Labute approximate surface area is 138 Å². The van der Waals surface area contributed by atoms with Crippen LogP contribution in [0.5, 0.6) is 0 Å². The molecule has 1 N–H and O–H groups in total. The first-order valence-corrected chi connectivity index (χ1v) is 9.20. The Morgan fingerprint density at radius 1 is 1.23 bits per heavy atom. The van der Waals surface area contributed by atoms with Crippen LogP contribution < -0.4 is 0 Å². The summed E-state index contributed by atoms with van der Waals surface area (Å²) >= 11 is 6.18. The van der Waals surface area contributed by atoms with Gasteiger partial charge in [-0.3, -0.25) is 0 Å². The van der Waals surface area contributed by atoms with Gasteiger partial charge in [0.25, 0.3) is 0 Å². The molecule has 2 aliphatic carbocycles. The average Bonchev–Trinajstić information content (AvgIpc) is 2.77. The van der Waals surface area contributed by atoms with Crippen LogP contribution in [0.25, 0.3) is 0 Å². The zero-order valence-electron chi connectivity index (χ0n) is 13.2. The Morgan fingerprint density at radius 3 is 2.55 bits per heavy atom. The van der Waals surface area contributed by atoms with Gasteiger partial charge in [0.2, 0.25) is 0 Å². The Balaban J connectivity index is 1.49. The van der Waals surface area contributed by atoms with E-state index in [1.165, 1.54) is 44.3 Å². The summed E-state index contributed by atoms with van der Waals surface area (Å²) in [5, 5.41) is 11.8. The minimum atomic E-state index is -0.266. The largest absolute Gasteiger partial charge is 0.391 e. The lowest BCUT2D eigenvalue weighted by Gasteiger charge is -2.48. The number of β-amino-alcohol motifs (C(OH)–C–C–N with tert-alkyl or cyclic N) is 1. The number of piperidine rings is 1. The van der Waals surface area contributed by atoms with Gasteiger partial charge >= 0.3 is 0 Å². The quantitative estimate of drug-likeness (QED) is 0.911. The molecule has 3 atom stereocenters. The highest BCUT2D eigenvalue weighted by molar-refractivity contribution is 6.30. The number of hydrogen-bond acceptors (Lipinski definition) is 2. The highest BCUT2D eigenvalue weighted by Gasteiger charge is 2.46. The minimum Gasteiger partial charge on any atom is -0.391 e. The molecule has 3 unspecified atom stereocenters. The van der Waals surface area contributed by atoms with Crippen molar-refractivity contribution in [2.24, 2.45) is 11.8 Å². The highest BCUT2D eigenvalue weighted by Crippen LogP contribution is 2.47. The lowest BCUT2D eigenvalue weighted by Crippen LogP contribution is -2.52. The number of benzene rings is 1. The van der Waals surface area contributed by atoms with E-state index in [1.807, 2.05) is 12.1 Å². The Morgan fingerprint density at radius 2 is 1.95 bits per heavy atom. The van der Waals surface area contributed by atoms with Crippen molar-refractivity contribution in [2.45, 2.75) is 50.0 Å². The summed E-state index contributed by atoms with van der Waals surface area (Å²) in [5.41, 5.74) is 1.18. The smallest absolute Gasteiger partial charge is 0.0763 e. The van der Waals surface area contributed by atoms with Crippen LogP contribution in [0.15, 0.2) is 24.3 Å². The molecule has 0 radical (unpaired) electrons. The van der Waals surface area contributed by atoms with Crippen LogP contribution in [0, 0.1) is 11.8 Å². The lowest BCUT2D eigenvalue weighted by atomic mass is 9.61. The van der Waals surface area contributed by atoms with E-state index < -0.39 is 0 Å². The van der Waals surface area contributed by atoms with E-state index in [0.29, 0.717) is 0 Å². The summed E-state index contributed by atoms with van der Waals surface area (Å²) in [5.74, 6) is 1.77. The fourth-order valence-electron chi connectivity index (χ4n) is 5.05. The normalized spacial score (nSPS) is 31.7. The molecule has 1 aliphatic heterocycles. The van der Waals surface area contributed by atoms with Crippen molar-refractivity contribution >= 4 is 11.6 Å². The first-order valence-electron chi connectivity index (χ1n) is 8.82. The van der Waals surface area contributed by atoms with Crippen LogP contribution in [0.2, 0.25) is 5.02 Å². The van der Waals surface area contributed by atoms with Gasteiger partial charge in [-0.1, -0.05) is 30.2 Å². The highest BCUT2D eigenvalue weighted by atomic mass is 35.5. The van der Waals surface area contributed by atoms with Gasteiger partial charge in [0.1, 0.15) is 0 Å². The molecule has 2 bridgehead atoms. The summed E-state index contributed by atoms with van der Waals surface area (Å²) in [7, 11) is 0. The van der Waals surface area contributed by atoms with Gasteiger partial charge in [0.05, 0.1) is 6.10 Å². The number of nitrogens with zero attached hydrogens (tertiary/aromatic N) is 1. The maximum absolute atomic E-state index is 11.0. The second kappa shape index (κ2) is 5.81. The van der Waals surface area contributed by atoms with Gasteiger partial charge in [-0.05, 0) is 61.6 Å². The summed E-state index contributed by atoms with van der Waals surface area (Å²) in [6.07, 6.45) is 7.36. The number of hydrogen-bond donors (Lipinski definition) is 1. The topological polar surface area (TPSA) is 23.5 Å². The molecular formula is C19H26ClNO. The number of rotatable bonds is 4. The summed E-state index contributed by atoms with van der Waals surface area (Å²) in [6.45, 7) is 3.22. The SMILES string of the molecule is OC(CN1CC2CCC(C2)C1)C1(c2cccc(Cl)c2)CCC1. The van der Waals surface area contributed by atoms with Gasteiger partial charge in [-0.15, -0.1) is 0 Å². The van der Waals surface area contributed by atoms with E-state index in [1.54, 1.807) is 0 Å².